The van der Waals surface area contributed by atoms with E-state index in [9.17, 15) is 9.59 Å². The number of hydrogen-bond acceptors (Lipinski definition) is 4. The lowest BCUT2D eigenvalue weighted by atomic mass is 9.70. The average Bonchev–Trinajstić information content (AvgIpc) is 3.61. The van der Waals surface area contributed by atoms with E-state index in [1.165, 1.54) is 6.92 Å². The van der Waals surface area contributed by atoms with E-state index in [2.05, 4.69) is 27.0 Å². The Morgan fingerprint density at radius 1 is 1.14 bits per heavy atom. The highest BCUT2D eigenvalue weighted by atomic mass is 35.5. The van der Waals surface area contributed by atoms with Crippen molar-refractivity contribution in [2.45, 2.75) is 76.5 Å². The van der Waals surface area contributed by atoms with Crippen LogP contribution in [-0.2, 0) is 21.7 Å². The molecule has 3 aliphatic heterocycles. The van der Waals surface area contributed by atoms with Gasteiger partial charge in [0.1, 0.15) is 17.2 Å². The second-order valence-corrected chi connectivity index (χ2v) is 13.2. The van der Waals surface area contributed by atoms with E-state index in [0.717, 1.165) is 41.7 Å². The molecule has 1 spiro atoms. The molecular weight excluding hydrogens is 600 g/mol. The van der Waals surface area contributed by atoms with Crippen LogP contribution in [0.5, 0.6) is 0 Å². The molecule has 44 heavy (non-hydrogen) atoms. The summed E-state index contributed by atoms with van der Waals surface area (Å²) in [7, 11) is 0. The first-order valence-corrected chi connectivity index (χ1v) is 15.6. The number of carbonyl (C=O) groups is 2. The molecule has 10 heteroatoms. The second-order valence-electron chi connectivity index (χ2n) is 12.4. The normalized spacial score (nSPS) is 26.1. The lowest BCUT2D eigenvalue weighted by Crippen LogP contribution is -2.56. The van der Waals surface area contributed by atoms with Gasteiger partial charge in [-0.25, -0.2) is 9.37 Å². The molecule has 4 aromatic rings. The number of imidazole rings is 1. The summed E-state index contributed by atoms with van der Waals surface area (Å²) in [6, 6.07) is 16.3. The first-order chi connectivity index (χ1) is 20.7. The number of hydrogen-bond donors (Lipinski definition) is 2. The fourth-order valence-electron chi connectivity index (χ4n) is 8.36. The van der Waals surface area contributed by atoms with E-state index in [1.807, 2.05) is 30.3 Å². The Morgan fingerprint density at radius 2 is 1.93 bits per heavy atom. The monoisotopic (exact) mass is 633 g/mol. The third-order valence-corrected chi connectivity index (χ3v) is 10.6. The maximum atomic E-state index is 16.3. The number of fused-ring (bicyclic) bond motifs is 7. The van der Waals surface area contributed by atoms with Crippen molar-refractivity contribution in [3.63, 3.8) is 0 Å². The molecule has 2 N–H and O–H groups in total. The van der Waals surface area contributed by atoms with Crippen molar-refractivity contribution < 1.29 is 14.0 Å². The zero-order chi connectivity index (χ0) is 29.8. The summed E-state index contributed by atoms with van der Waals surface area (Å²) in [6.45, 7) is 4.39. The van der Waals surface area contributed by atoms with Crippen molar-refractivity contribution in [3.8, 4) is 0 Å². The highest BCUT2D eigenvalue weighted by molar-refractivity contribution is 6.31. The van der Waals surface area contributed by atoms with Gasteiger partial charge in [-0.15, -0.1) is 0 Å². The van der Waals surface area contributed by atoms with Crippen molar-refractivity contribution in [1.29, 1.82) is 0 Å². The van der Waals surface area contributed by atoms with Crippen LogP contribution in [0.25, 0.3) is 11.0 Å². The van der Waals surface area contributed by atoms with Crippen molar-refractivity contribution in [2.75, 3.05) is 10.6 Å². The summed E-state index contributed by atoms with van der Waals surface area (Å²) >= 11 is 12.9. The van der Waals surface area contributed by atoms with Crippen LogP contribution in [0.15, 0.2) is 54.6 Å². The summed E-state index contributed by atoms with van der Waals surface area (Å²) < 4.78 is 18.5. The van der Waals surface area contributed by atoms with Crippen LogP contribution in [0.4, 0.5) is 15.8 Å². The van der Waals surface area contributed by atoms with Gasteiger partial charge >= 0.3 is 0 Å². The third-order valence-electron chi connectivity index (χ3n) is 10.1. The molecule has 1 saturated heterocycles. The first kappa shape index (κ1) is 29.3. The van der Waals surface area contributed by atoms with Crippen LogP contribution in [0.3, 0.4) is 0 Å². The number of nitrogens with zero attached hydrogens (tertiary/aromatic N) is 3. The lowest BCUT2D eigenvalue weighted by molar-refractivity contribution is -0.129. The van der Waals surface area contributed by atoms with Gasteiger partial charge in [0.15, 0.2) is 0 Å². The molecule has 7 nitrogen and oxygen atoms in total. The van der Waals surface area contributed by atoms with Crippen molar-refractivity contribution in [2.24, 2.45) is 5.92 Å². The zero-order valence-electron chi connectivity index (χ0n) is 23.7. The smallest absolute Gasteiger partial charge is 0.250 e. The number of aromatic nitrogens is 2. The maximum absolute atomic E-state index is 16.3. The predicted octanol–water partition coefficient (Wildman–Crippen LogP) is 7.68. The van der Waals surface area contributed by atoms with Gasteiger partial charge in [-0.3, -0.25) is 14.5 Å². The van der Waals surface area contributed by atoms with Gasteiger partial charge in [-0.05, 0) is 74.1 Å². The predicted molar refractivity (Wildman–Crippen MR) is 172 cm³/mol. The summed E-state index contributed by atoms with van der Waals surface area (Å²) in [4.78, 5) is 34.0. The van der Waals surface area contributed by atoms with E-state index in [-0.39, 0.29) is 42.3 Å². The molecule has 4 heterocycles. The van der Waals surface area contributed by atoms with Crippen molar-refractivity contribution in [3.05, 3.63) is 87.4 Å². The fraction of sp³-hybridized carbons (Fsp3) is 0.382. The van der Waals surface area contributed by atoms with Gasteiger partial charge in [-0.2, -0.15) is 0 Å². The third kappa shape index (κ3) is 4.00. The van der Waals surface area contributed by atoms with Gasteiger partial charge in [0.2, 0.25) is 11.8 Å². The Morgan fingerprint density at radius 3 is 2.68 bits per heavy atom. The lowest BCUT2D eigenvalue weighted by Gasteiger charge is -2.43. The number of aryl methyl sites for hydroxylation is 1. The van der Waals surface area contributed by atoms with Crippen molar-refractivity contribution in [1.82, 2.24) is 14.5 Å². The quantitative estimate of drug-likeness (QED) is 0.242. The Bertz CT molecular complexity index is 1850. The van der Waals surface area contributed by atoms with Crippen LogP contribution < -0.4 is 10.6 Å². The van der Waals surface area contributed by atoms with Crippen molar-refractivity contribution >= 4 is 57.4 Å². The van der Waals surface area contributed by atoms with Crippen LogP contribution in [0, 0.1) is 11.7 Å². The fourth-order valence-corrected chi connectivity index (χ4v) is 8.72. The Labute approximate surface area is 265 Å². The molecule has 1 aromatic heterocycles. The minimum Gasteiger partial charge on any atom is -0.328 e. The zero-order valence-corrected chi connectivity index (χ0v) is 25.2. The molecule has 8 rings (SSSR count). The van der Waals surface area contributed by atoms with Crippen LogP contribution in [-0.4, -0.2) is 38.3 Å². The molecule has 3 aromatic carbocycles. The topological polar surface area (TPSA) is 79.3 Å². The van der Waals surface area contributed by atoms with E-state index < -0.39 is 17.3 Å². The second kappa shape index (κ2) is 10.3. The minimum atomic E-state index is -1.20. The average molecular weight is 635 g/mol. The molecule has 2 fully saturated rings. The summed E-state index contributed by atoms with van der Waals surface area (Å²) in [5.41, 5.74) is 3.03. The number of halogens is 3. The standard InChI is InChI=1S/C33H30Cl2FN5O2.CH4/c1-16(18-6-7-18)41-27-12-13-40-26-11-9-20(37-17(2)42)15-25(26)38-31(40)28(27)29(21-4-3-5-23(35)30(21)36)33(41)22-10-8-19(34)14-24(22)39-32(33)43;/h3-5,8-11,14-16,18,27-29H,6-7,12-13H2,1-2H3,(H,37,42)(H,39,43);1H4/t16?,27-,28+,29-,33+;/m0./s1. The summed E-state index contributed by atoms with van der Waals surface area (Å²) in [6.07, 6.45) is 2.96. The molecule has 0 radical (unpaired) electrons. The van der Waals surface area contributed by atoms with E-state index in [1.54, 1.807) is 24.3 Å². The van der Waals surface area contributed by atoms with Gasteiger partial charge < -0.3 is 15.2 Å². The molecule has 1 aliphatic carbocycles. The van der Waals surface area contributed by atoms with Crippen LogP contribution in [0.1, 0.15) is 69.3 Å². The van der Waals surface area contributed by atoms with E-state index in [4.69, 9.17) is 28.2 Å². The summed E-state index contributed by atoms with van der Waals surface area (Å²) in [5, 5.41) is 6.55. The van der Waals surface area contributed by atoms with Gasteiger partial charge in [0, 0.05) is 59.3 Å². The molecular formula is C34H34Cl2FN5O2. The van der Waals surface area contributed by atoms with Gasteiger partial charge in [0.25, 0.3) is 0 Å². The molecule has 1 saturated carbocycles. The van der Waals surface area contributed by atoms with E-state index >= 15 is 4.39 Å². The Kier molecular flexibility index (Phi) is 6.84. The van der Waals surface area contributed by atoms with Gasteiger partial charge in [0.05, 0.1) is 16.1 Å². The molecule has 1 unspecified atom stereocenters. The van der Waals surface area contributed by atoms with Crippen LogP contribution >= 0.6 is 23.2 Å². The number of anilines is 2. The molecule has 5 atom stereocenters. The maximum Gasteiger partial charge on any atom is 0.250 e. The molecule has 0 bridgehead atoms. The summed E-state index contributed by atoms with van der Waals surface area (Å²) in [5.74, 6) is -0.511. The number of amides is 2. The SMILES string of the molecule is C.CC(=O)Nc1ccc2c(c1)nc1n2CC[C@H]2[C@@H]1[C@H](c1cccc(Cl)c1F)[C@]1(C(=O)Nc3cc(Cl)ccc31)N2C(C)C1CC1. The number of nitrogens with one attached hydrogen (secondary N) is 2. The number of likely N-dealkylation sites (tertiary alicyclic amines) is 1. The van der Waals surface area contributed by atoms with E-state index in [0.29, 0.717) is 34.4 Å². The van der Waals surface area contributed by atoms with Gasteiger partial charge in [-0.1, -0.05) is 48.8 Å². The number of benzene rings is 3. The molecule has 2 amide bonds. The largest absolute Gasteiger partial charge is 0.328 e. The molecule has 4 aliphatic rings. The highest BCUT2D eigenvalue weighted by Gasteiger charge is 2.70. The highest BCUT2D eigenvalue weighted by Crippen LogP contribution is 2.65. The number of carbonyl (C=O) groups excluding carboxylic acids is 2. The Balaban J connectivity index is 0.00000312. The molecule has 228 valence electrons. The first-order valence-electron chi connectivity index (χ1n) is 14.8. The van der Waals surface area contributed by atoms with Crippen LogP contribution in [0.2, 0.25) is 10.0 Å². The minimum absolute atomic E-state index is 0. The number of rotatable bonds is 4. The Hall–Kier alpha value is -3.46.